The topological polar surface area (TPSA) is 84.6 Å². The zero-order chi connectivity index (χ0) is 13.2. The van der Waals surface area contributed by atoms with Crippen molar-refractivity contribution in [1.82, 2.24) is 20.8 Å². The normalized spacial score (nSPS) is 11.6. The molecule has 0 aliphatic rings. The number of hydrogen-bond donors (Lipinski definition) is 2. The van der Waals surface area contributed by atoms with Crippen LogP contribution in [0.2, 0.25) is 0 Å². The molecule has 0 bridgehead atoms. The number of rotatable bonds is 7. The molecule has 0 aliphatic heterocycles. The largest absolute Gasteiger partial charge is 0.382 e. The summed E-state index contributed by atoms with van der Waals surface area (Å²) in [6, 6.07) is 0. The lowest BCUT2D eigenvalue weighted by atomic mass is 10.4. The highest BCUT2D eigenvalue weighted by Crippen LogP contribution is 1.93. The van der Waals surface area contributed by atoms with Gasteiger partial charge in [-0.05, 0) is 13.3 Å². The zero-order valence-electron chi connectivity index (χ0n) is 11.2. The van der Waals surface area contributed by atoms with E-state index < -0.39 is 0 Å². The molecular weight excluding hydrogens is 234 g/mol. The van der Waals surface area contributed by atoms with E-state index >= 15 is 0 Å². The molecule has 0 atom stereocenters. The van der Waals surface area contributed by atoms with Crippen molar-refractivity contribution >= 4 is 5.96 Å². The molecule has 0 aromatic carbocycles. The van der Waals surface area contributed by atoms with Gasteiger partial charge in [0.05, 0.1) is 6.54 Å². The first-order valence-corrected chi connectivity index (χ1v) is 6.07. The molecule has 0 spiro atoms. The Kier molecular flexibility index (Phi) is 6.78. The van der Waals surface area contributed by atoms with Gasteiger partial charge in [-0.25, -0.2) is 0 Å². The molecule has 7 nitrogen and oxygen atoms in total. The maximum Gasteiger partial charge on any atom is 0.223 e. The summed E-state index contributed by atoms with van der Waals surface area (Å²) in [6.45, 7) is 6.56. The third kappa shape index (κ3) is 5.62. The molecule has 2 N–H and O–H groups in total. The number of ether oxygens (including phenoxy) is 1. The van der Waals surface area contributed by atoms with E-state index in [0.29, 0.717) is 24.2 Å². The molecular formula is C11H21N5O2. The quantitative estimate of drug-likeness (QED) is 0.418. The predicted molar refractivity (Wildman–Crippen MR) is 68.3 cm³/mol. The monoisotopic (exact) mass is 255 g/mol. The molecule has 0 saturated heterocycles. The molecule has 0 saturated carbocycles. The van der Waals surface area contributed by atoms with E-state index in [9.17, 15) is 0 Å². The molecule has 102 valence electrons. The van der Waals surface area contributed by atoms with Crippen molar-refractivity contribution in [2.24, 2.45) is 4.99 Å². The molecule has 0 amide bonds. The maximum absolute atomic E-state index is 5.25. The number of aryl methyl sites for hydroxylation is 1. The smallest absolute Gasteiger partial charge is 0.223 e. The Morgan fingerprint density at radius 1 is 1.44 bits per heavy atom. The van der Waals surface area contributed by atoms with Crippen molar-refractivity contribution < 1.29 is 9.26 Å². The van der Waals surface area contributed by atoms with Crippen LogP contribution in [-0.2, 0) is 11.3 Å². The summed E-state index contributed by atoms with van der Waals surface area (Å²) >= 11 is 0. The minimum absolute atomic E-state index is 0.489. The molecule has 0 unspecified atom stereocenters. The van der Waals surface area contributed by atoms with Crippen LogP contribution in [0.15, 0.2) is 9.52 Å². The molecule has 0 radical (unpaired) electrons. The van der Waals surface area contributed by atoms with Crippen LogP contribution < -0.4 is 10.6 Å². The average molecular weight is 255 g/mol. The van der Waals surface area contributed by atoms with Gasteiger partial charge in [-0.2, -0.15) is 4.98 Å². The van der Waals surface area contributed by atoms with Crippen molar-refractivity contribution in [3.05, 3.63) is 11.7 Å². The lowest BCUT2D eigenvalue weighted by molar-refractivity contribution is 0.145. The van der Waals surface area contributed by atoms with E-state index in [4.69, 9.17) is 9.26 Å². The summed E-state index contributed by atoms with van der Waals surface area (Å²) in [5.74, 6) is 1.89. The highest BCUT2D eigenvalue weighted by atomic mass is 16.5. The summed E-state index contributed by atoms with van der Waals surface area (Å²) in [7, 11) is 1.72. The maximum atomic E-state index is 5.25. The minimum Gasteiger partial charge on any atom is -0.382 e. The number of aromatic nitrogens is 2. The van der Waals surface area contributed by atoms with E-state index in [-0.39, 0.29) is 0 Å². The Labute approximate surface area is 107 Å². The summed E-state index contributed by atoms with van der Waals surface area (Å²) in [6.07, 6.45) is 0.940. The second-order valence-corrected chi connectivity index (χ2v) is 3.63. The van der Waals surface area contributed by atoms with Gasteiger partial charge in [-0.3, -0.25) is 4.99 Å². The van der Waals surface area contributed by atoms with Gasteiger partial charge in [-0.15, -0.1) is 0 Å². The average Bonchev–Trinajstić information content (AvgIpc) is 2.78. The summed E-state index contributed by atoms with van der Waals surface area (Å²) in [5, 5.41) is 10.1. The second kappa shape index (κ2) is 8.46. The number of nitrogens with zero attached hydrogens (tertiary/aromatic N) is 3. The van der Waals surface area contributed by atoms with Crippen molar-refractivity contribution in [3.8, 4) is 0 Å². The Balaban J connectivity index is 2.18. The number of aliphatic imine (C=N–C) groups is 1. The van der Waals surface area contributed by atoms with Crippen molar-refractivity contribution in [3.63, 3.8) is 0 Å². The van der Waals surface area contributed by atoms with E-state index in [1.165, 1.54) is 0 Å². The Bertz CT molecular complexity index is 364. The molecule has 7 heteroatoms. The Hall–Kier alpha value is -1.63. The van der Waals surface area contributed by atoms with Crippen molar-refractivity contribution in [2.45, 2.75) is 26.8 Å². The van der Waals surface area contributed by atoms with Crippen molar-refractivity contribution in [1.29, 1.82) is 0 Å². The lowest BCUT2D eigenvalue weighted by Gasteiger charge is -2.10. The SMILES string of the molecule is CCOCCCNC(=NC)NCc1noc(C)n1. The summed E-state index contributed by atoms with van der Waals surface area (Å²) in [5.41, 5.74) is 0. The highest BCUT2D eigenvalue weighted by molar-refractivity contribution is 5.79. The molecule has 1 rings (SSSR count). The van der Waals surface area contributed by atoms with Crippen LogP contribution >= 0.6 is 0 Å². The van der Waals surface area contributed by atoms with Crippen LogP contribution in [0.4, 0.5) is 0 Å². The van der Waals surface area contributed by atoms with Crippen molar-refractivity contribution in [2.75, 3.05) is 26.8 Å². The van der Waals surface area contributed by atoms with Gasteiger partial charge in [0.2, 0.25) is 5.89 Å². The van der Waals surface area contributed by atoms with Crippen LogP contribution in [0.3, 0.4) is 0 Å². The van der Waals surface area contributed by atoms with Gasteiger partial charge < -0.3 is 19.9 Å². The van der Waals surface area contributed by atoms with Gasteiger partial charge in [0.1, 0.15) is 0 Å². The predicted octanol–water partition coefficient (Wildman–Crippen LogP) is 0.470. The fraction of sp³-hybridized carbons (Fsp3) is 0.727. The first-order chi connectivity index (χ1) is 8.76. The number of guanidine groups is 1. The Morgan fingerprint density at radius 2 is 2.28 bits per heavy atom. The van der Waals surface area contributed by atoms with Gasteiger partial charge in [0.15, 0.2) is 11.8 Å². The van der Waals surface area contributed by atoms with Crippen LogP contribution in [0.1, 0.15) is 25.1 Å². The van der Waals surface area contributed by atoms with Crippen LogP contribution in [0, 0.1) is 6.92 Å². The minimum atomic E-state index is 0.489. The van der Waals surface area contributed by atoms with E-state index in [1.807, 2.05) is 6.92 Å². The van der Waals surface area contributed by atoms with Gasteiger partial charge in [0.25, 0.3) is 0 Å². The van der Waals surface area contributed by atoms with Gasteiger partial charge in [-0.1, -0.05) is 5.16 Å². The van der Waals surface area contributed by atoms with E-state index in [1.54, 1.807) is 14.0 Å². The number of nitrogens with one attached hydrogen (secondary N) is 2. The third-order valence-corrected chi connectivity index (χ3v) is 2.17. The van der Waals surface area contributed by atoms with Gasteiger partial charge >= 0.3 is 0 Å². The molecule has 1 aromatic heterocycles. The fourth-order valence-electron chi connectivity index (χ4n) is 1.32. The summed E-state index contributed by atoms with van der Waals surface area (Å²) < 4.78 is 10.1. The first kappa shape index (κ1) is 14.4. The number of hydrogen-bond acceptors (Lipinski definition) is 5. The third-order valence-electron chi connectivity index (χ3n) is 2.17. The van der Waals surface area contributed by atoms with Crippen LogP contribution in [0.25, 0.3) is 0 Å². The van der Waals surface area contributed by atoms with E-state index in [0.717, 1.165) is 26.2 Å². The van der Waals surface area contributed by atoms with E-state index in [2.05, 4.69) is 25.8 Å². The summed E-state index contributed by atoms with van der Waals surface area (Å²) in [4.78, 5) is 8.19. The second-order valence-electron chi connectivity index (χ2n) is 3.63. The highest BCUT2D eigenvalue weighted by Gasteiger charge is 2.03. The van der Waals surface area contributed by atoms with Gasteiger partial charge in [0, 0.05) is 33.7 Å². The first-order valence-electron chi connectivity index (χ1n) is 6.07. The molecule has 0 fully saturated rings. The fourth-order valence-corrected chi connectivity index (χ4v) is 1.32. The zero-order valence-corrected chi connectivity index (χ0v) is 11.2. The lowest BCUT2D eigenvalue weighted by Crippen LogP contribution is -2.37. The molecule has 1 heterocycles. The Morgan fingerprint density at radius 3 is 2.89 bits per heavy atom. The standard InChI is InChI=1S/C11H21N5O2/c1-4-17-7-5-6-13-11(12-3)14-8-10-15-9(2)18-16-10/h4-8H2,1-3H3,(H2,12,13,14). The molecule has 18 heavy (non-hydrogen) atoms. The molecule has 1 aromatic rings. The molecule has 0 aliphatic carbocycles. The van der Waals surface area contributed by atoms with Crippen LogP contribution in [0.5, 0.6) is 0 Å². The van der Waals surface area contributed by atoms with Crippen LogP contribution in [-0.4, -0.2) is 42.9 Å².